The molecule has 0 amide bonds. The predicted molar refractivity (Wildman–Crippen MR) is 109 cm³/mol. The van der Waals surface area contributed by atoms with Crippen LogP contribution in [0.1, 0.15) is 18.1 Å². The van der Waals surface area contributed by atoms with E-state index in [4.69, 9.17) is 9.47 Å². The third-order valence-electron chi connectivity index (χ3n) is 4.04. The molecule has 2 rings (SSSR count). The number of carbonyl (C=O) groups is 1. The second-order valence-electron chi connectivity index (χ2n) is 7.29. The van der Waals surface area contributed by atoms with Crippen molar-refractivity contribution in [3.8, 4) is 5.75 Å². The Morgan fingerprint density at radius 2 is 1.69 bits per heavy atom. The highest BCUT2D eigenvalue weighted by Gasteiger charge is 2.15. The van der Waals surface area contributed by atoms with E-state index in [0.29, 0.717) is 12.4 Å². The summed E-state index contributed by atoms with van der Waals surface area (Å²) in [6.45, 7) is 10.7. The second-order valence-corrected chi connectivity index (χ2v) is 12.4. The highest BCUT2D eigenvalue weighted by molar-refractivity contribution is 6.88. The molecule has 0 spiro atoms. The van der Waals surface area contributed by atoms with Gasteiger partial charge in [-0.2, -0.15) is 0 Å². The molecule has 26 heavy (non-hydrogen) atoms. The van der Waals surface area contributed by atoms with Crippen LogP contribution < -0.4 is 15.2 Å². The first kappa shape index (κ1) is 20.2. The molecular formula is C21H29NO3Si. The van der Waals surface area contributed by atoms with Crippen molar-refractivity contribution in [2.24, 2.45) is 0 Å². The molecule has 1 N–H and O–H groups in total. The van der Waals surface area contributed by atoms with Crippen molar-refractivity contribution >= 4 is 19.2 Å². The molecule has 0 saturated heterocycles. The summed E-state index contributed by atoms with van der Waals surface area (Å²) in [5.41, 5.74) is 2.40. The van der Waals surface area contributed by atoms with E-state index in [9.17, 15) is 4.79 Å². The average Bonchev–Trinajstić information content (AvgIpc) is 2.60. The highest BCUT2D eigenvalue weighted by atomic mass is 28.3. The first-order valence-electron chi connectivity index (χ1n) is 9.06. The van der Waals surface area contributed by atoms with Gasteiger partial charge in [-0.15, -0.1) is 0 Å². The average molecular weight is 372 g/mol. The summed E-state index contributed by atoms with van der Waals surface area (Å²) in [5, 5.41) is 4.93. The minimum absolute atomic E-state index is 0.0613. The number of rotatable bonds is 9. The van der Waals surface area contributed by atoms with Crippen LogP contribution in [0.2, 0.25) is 19.6 Å². The van der Waals surface area contributed by atoms with Crippen LogP contribution in [0, 0.1) is 0 Å². The quantitative estimate of drug-likeness (QED) is 0.542. The van der Waals surface area contributed by atoms with Gasteiger partial charge in [-0.3, -0.25) is 0 Å². The van der Waals surface area contributed by atoms with E-state index in [2.05, 4.69) is 49.2 Å². The largest absolute Gasteiger partial charge is 0.482 e. The van der Waals surface area contributed by atoms with Crippen LogP contribution in [0.25, 0.3) is 0 Å². The molecule has 4 nitrogen and oxygen atoms in total. The molecule has 0 aromatic heterocycles. The van der Waals surface area contributed by atoms with Crippen LogP contribution in [-0.4, -0.2) is 27.3 Å². The van der Waals surface area contributed by atoms with Crippen LogP contribution in [-0.2, 0) is 22.6 Å². The van der Waals surface area contributed by atoms with Gasteiger partial charge in [-0.1, -0.05) is 61.2 Å². The molecule has 140 valence electrons. The normalized spacial score (nSPS) is 11.2. The van der Waals surface area contributed by atoms with E-state index in [-0.39, 0.29) is 12.6 Å². The minimum atomic E-state index is -1.24. The maximum absolute atomic E-state index is 11.4. The van der Waals surface area contributed by atoms with Gasteiger partial charge in [0.25, 0.3) is 0 Å². The number of benzene rings is 2. The van der Waals surface area contributed by atoms with Crippen molar-refractivity contribution < 1.29 is 14.3 Å². The van der Waals surface area contributed by atoms with Crippen LogP contribution in [0.5, 0.6) is 5.75 Å². The lowest BCUT2D eigenvalue weighted by molar-refractivity contribution is -0.145. The standard InChI is InChI=1S/C21H29NO3Si/c1-5-24-21(23)16-25-19-8-6-7-18(13-19)15-22-14-17-9-11-20(12-10-17)26(2,3)4/h6-13,22H,5,14-16H2,1-4H3. The van der Waals surface area contributed by atoms with Crippen LogP contribution in [0.15, 0.2) is 48.5 Å². The Bertz CT molecular complexity index is 708. The molecule has 0 unspecified atom stereocenters. The number of hydrogen-bond acceptors (Lipinski definition) is 4. The lowest BCUT2D eigenvalue weighted by Crippen LogP contribution is -2.37. The predicted octanol–water partition coefficient (Wildman–Crippen LogP) is 3.46. The third kappa shape index (κ3) is 6.65. The Morgan fingerprint density at radius 3 is 2.35 bits per heavy atom. The molecule has 0 fully saturated rings. The van der Waals surface area contributed by atoms with Crippen molar-refractivity contribution in [2.75, 3.05) is 13.2 Å². The van der Waals surface area contributed by atoms with Crippen molar-refractivity contribution in [3.05, 3.63) is 59.7 Å². The van der Waals surface area contributed by atoms with Gasteiger partial charge in [0.2, 0.25) is 0 Å². The number of hydrogen-bond donors (Lipinski definition) is 1. The van der Waals surface area contributed by atoms with Gasteiger partial charge in [0.15, 0.2) is 6.61 Å². The van der Waals surface area contributed by atoms with Gasteiger partial charge >= 0.3 is 5.97 Å². The van der Waals surface area contributed by atoms with E-state index >= 15 is 0 Å². The molecular weight excluding hydrogens is 342 g/mol. The first-order valence-corrected chi connectivity index (χ1v) is 12.6. The van der Waals surface area contributed by atoms with E-state index in [1.54, 1.807) is 6.92 Å². The van der Waals surface area contributed by atoms with Crippen molar-refractivity contribution in [2.45, 2.75) is 39.7 Å². The summed E-state index contributed by atoms with van der Waals surface area (Å²) >= 11 is 0. The second kappa shape index (κ2) is 9.55. The molecule has 0 aliphatic heterocycles. The first-order chi connectivity index (χ1) is 12.4. The number of nitrogens with one attached hydrogen (secondary N) is 1. The molecule has 2 aromatic carbocycles. The molecule has 0 radical (unpaired) electrons. The fourth-order valence-electron chi connectivity index (χ4n) is 2.56. The fraction of sp³-hybridized carbons (Fsp3) is 0.381. The summed E-state index contributed by atoms with van der Waals surface area (Å²) < 4.78 is 10.3. The van der Waals surface area contributed by atoms with Gasteiger partial charge in [0.05, 0.1) is 14.7 Å². The lowest BCUT2D eigenvalue weighted by atomic mass is 10.2. The summed E-state index contributed by atoms with van der Waals surface area (Å²) in [6, 6.07) is 16.7. The van der Waals surface area contributed by atoms with Crippen molar-refractivity contribution in [1.82, 2.24) is 5.32 Å². The number of carbonyl (C=O) groups excluding carboxylic acids is 1. The summed E-state index contributed by atoms with van der Waals surface area (Å²) in [7, 11) is -1.24. The Kier molecular flexibility index (Phi) is 7.42. The molecule has 0 aliphatic carbocycles. The lowest BCUT2D eigenvalue weighted by Gasteiger charge is -2.16. The molecule has 0 heterocycles. The zero-order chi connectivity index (χ0) is 19.0. The molecule has 0 aliphatic rings. The van der Waals surface area contributed by atoms with Gasteiger partial charge < -0.3 is 14.8 Å². The monoisotopic (exact) mass is 371 g/mol. The summed E-state index contributed by atoms with van der Waals surface area (Å²) in [5.74, 6) is 0.328. The van der Waals surface area contributed by atoms with Gasteiger partial charge in [-0.05, 0) is 30.2 Å². The van der Waals surface area contributed by atoms with E-state index in [1.165, 1.54) is 10.8 Å². The minimum Gasteiger partial charge on any atom is -0.482 e. The number of ether oxygens (including phenoxy) is 2. The molecule has 0 bridgehead atoms. The molecule has 0 atom stereocenters. The van der Waals surface area contributed by atoms with Crippen molar-refractivity contribution in [3.63, 3.8) is 0 Å². The van der Waals surface area contributed by atoms with E-state index in [0.717, 1.165) is 18.7 Å². The molecule has 5 heteroatoms. The smallest absolute Gasteiger partial charge is 0.344 e. The van der Waals surface area contributed by atoms with Crippen LogP contribution >= 0.6 is 0 Å². The maximum atomic E-state index is 11.4. The van der Waals surface area contributed by atoms with Gasteiger partial charge in [0, 0.05) is 13.1 Å². The Balaban J connectivity index is 1.82. The SMILES string of the molecule is CCOC(=O)COc1cccc(CNCc2ccc([Si](C)(C)C)cc2)c1. The maximum Gasteiger partial charge on any atom is 0.344 e. The van der Waals surface area contributed by atoms with E-state index in [1.807, 2.05) is 24.3 Å². The highest BCUT2D eigenvalue weighted by Crippen LogP contribution is 2.13. The van der Waals surface area contributed by atoms with Crippen molar-refractivity contribution in [1.29, 1.82) is 0 Å². The van der Waals surface area contributed by atoms with Crippen LogP contribution in [0.4, 0.5) is 0 Å². The molecule has 2 aromatic rings. The Labute approximate surface area is 157 Å². The summed E-state index contributed by atoms with van der Waals surface area (Å²) in [6.07, 6.45) is 0. The van der Waals surface area contributed by atoms with Crippen LogP contribution in [0.3, 0.4) is 0 Å². The summed E-state index contributed by atoms with van der Waals surface area (Å²) in [4.78, 5) is 11.4. The van der Waals surface area contributed by atoms with E-state index < -0.39 is 8.07 Å². The third-order valence-corrected chi connectivity index (χ3v) is 6.10. The van der Waals surface area contributed by atoms with Gasteiger partial charge in [0.1, 0.15) is 5.75 Å². The Morgan fingerprint density at radius 1 is 1.00 bits per heavy atom. The Hall–Kier alpha value is -2.11. The molecule has 0 saturated carbocycles. The zero-order valence-corrected chi connectivity index (χ0v) is 17.2. The fourth-order valence-corrected chi connectivity index (χ4v) is 3.73. The topological polar surface area (TPSA) is 47.6 Å². The zero-order valence-electron chi connectivity index (χ0n) is 16.2. The number of esters is 1. The van der Waals surface area contributed by atoms with Gasteiger partial charge in [-0.25, -0.2) is 4.79 Å².